The Kier molecular flexibility index (Phi) is 6.19. The molecule has 2 unspecified atom stereocenters. The van der Waals surface area contributed by atoms with Crippen LogP contribution in [0, 0.1) is 46.3 Å². The molecule has 0 aromatic heterocycles. The lowest BCUT2D eigenvalue weighted by molar-refractivity contribution is -0.169. The van der Waals surface area contributed by atoms with Gasteiger partial charge in [0.25, 0.3) is 0 Å². The van der Waals surface area contributed by atoms with Crippen molar-refractivity contribution in [2.75, 3.05) is 0 Å². The molecule has 4 rings (SSSR count). The molecule has 0 aliphatic heterocycles. The van der Waals surface area contributed by atoms with Gasteiger partial charge in [-0.1, -0.05) is 20.8 Å². The summed E-state index contributed by atoms with van der Waals surface area (Å²) in [6.45, 7) is 10.6. The first-order valence-corrected chi connectivity index (χ1v) is 13.0. The first-order chi connectivity index (χ1) is 14.4. The number of ketones is 1. The van der Waals surface area contributed by atoms with Crippen molar-refractivity contribution in [1.82, 2.24) is 0 Å². The minimum atomic E-state index is -1.04. The summed E-state index contributed by atoms with van der Waals surface area (Å²) in [7, 11) is 0. The Labute approximate surface area is 189 Å². The third kappa shape index (κ3) is 3.93. The highest BCUT2D eigenvalue weighted by Crippen LogP contribution is 2.68. The molecule has 0 saturated heterocycles. The highest BCUT2D eigenvalue weighted by atomic mass is 16.3. The van der Waals surface area contributed by atoms with Gasteiger partial charge in [-0.3, -0.25) is 4.79 Å². The van der Waals surface area contributed by atoms with Crippen molar-refractivity contribution in [3.8, 4) is 0 Å². The predicted molar refractivity (Wildman–Crippen MR) is 122 cm³/mol. The van der Waals surface area contributed by atoms with Crippen molar-refractivity contribution >= 4 is 5.78 Å². The molecule has 4 heteroatoms. The number of aliphatic hydroxyl groups is 3. The summed E-state index contributed by atoms with van der Waals surface area (Å²) >= 11 is 0. The highest BCUT2D eigenvalue weighted by Gasteiger charge is 2.62. The molecule has 0 aromatic carbocycles. The molecule has 0 bridgehead atoms. The lowest BCUT2D eigenvalue weighted by Crippen LogP contribution is -2.58. The zero-order chi connectivity index (χ0) is 22.8. The summed E-state index contributed by atoms with van der Waals surface area (Å²) in [6, 6.07) is 0. The normalized spacial score (nSPS) is 47.3. The lowest BCUT2D eigenvalue weighted by atomic mass is 9.44. The molecule has 4 aliphatic rings. The maximum Gasteiger partial charge on any atom is 0.133 e. The lowest BCUT2D eigenvalue weighted by Gasteiger charge is -2.62. The van der Waals surface area contributed by atoms with E-state index >= 15 is 0 Å². The minimum Gasteiger partial charge on any atom is -0.393 e. The maximum atomic E-state index is 12.1. The molecule has 4 fully saturated rings. The number of carbonyl (C=O) groups is 1. The molecule has 4 saturated carbocycles. The quantitative estimate of drug-likeness (QED) is 0.584. The number of hydrogen-bond acceptors (Lipinski definition) is 4. The summed E-state index contributed by atoms with van der Waals surface area (Å²) in [5.74, 6) is 3.41. The van der Waals surface area contributed by atoms with E-state index in [1.807, 2.05) is 0 Å². The van der Waals surface area contributed by atoms with Gasteiger partial charge in [-0.2, -0.15) is 0 Å². The average molecular weight is 435 g/mol. The molecular weight excluding hydrogens is 388 g/mol. The van der Waals surface area contributed by atoms with Crippen molar-refractivity contribution in [2.24, 2.45) is 46.3 Å². The number of fused-ring (bicyclic) bond motifs is 5. The van der Waals surface area contributed by atoms with E-state index in [1.165, 1.54) is 25.7 Å². The standard InChI is InChI=1S/C27H46O4/c1-16(6-9-23(30)25(2,3)31)19-7-8-20-24-21(11-13-27(19,20)5)26(4)12-10-18(28)14-17(26)15-22(24)29/h16-17,19-24,29-31H,6-15H2,1-5H3/t16-,17+,19-,20+,21+,22?,23?,24+,26+,27-/m1/s1. The molecule has 3 N–H and O–H groups in total. The fraction of sp³-hybridized carbons (Fsp3) is 0.963. The second-order valence-corrected chi connectivity index (χ2v) is 13.0. The van der Waals surface area contributed by atoms with E-state index in [0.717, 1.165) is 25.7 Å². The Bertz CT molecular complexity index is 683. The number of hydrogen-bond donors (Lipinski definition) is 3. The molecular formula is C27H46O4. The summed E-state index contributed by atoms with van der Waals surface area (Å²) in [4.78, 5) is 12.1. The maximum absolute atomic E-state index is 12.1. The number of aliphatic hydroxyl groups excluding tert-OH is 2. The van der Waals surface area contributed by atoms with Gasteiger partial charge in [0.15, 0.2) is 0 Å². The Morgan fingerprint density at radius 2 is 1.74 bits per heavy atom. The van der Waals surface area contributed by atoms with Crippen LogP contribution in [0.25, 0.3) is 0 Å². The van der Waals surface area contributed by atoms with Crippen LogP contribution >= 0.6 is 0 Å². The summed E-state index contributed by atoms with van der Waals surface area (Å²) in [6.07, 6.45) is 8.73. The Morgan fingerprint density at radius 1 is 1.06 bits per heavy atom. The fourth-order valence-electron chi connectivity index (χ4n) is 8.96. The van der Waals surface area contributed by atoms with Crippen molar-refractivity contribution in [1.29, 1.82) is 0 Å². The zero-order valence-electron chi connectivity index (χ0n) is 20.4. The SMILES string of the molecule is C[C@H](CCC(O)C(C)(C)O)[C@H]1CC[C@H]2[C@@H]3C(O)C[C@@H]4CC(=O)CC[C@]4(C)[C@H]3CC[C@]12C. The van der Waals surface area contributed by atoms with Gasteiger partial charge < -0.3 is 15.3 Å². The molecule has 10 atom stereocenters. The van der Waals surface area contributed by atoms with E-state index in [2.05, 4.69) is 20.8 Å². The van der Waals surface area contributed by atoms with E-state index in [9.17, 15) is 20.1 Å². The molecule has 0 radical (unpaired) electrons. The summed E-state index contributed by atoms with van der Waals surface area (Å²) < 4.78 is 0. The van der Waals surface area contributed by atoms with E-state index in [-0.39, 0.29) is 16.9 Å². The van der Waals surface area contributed by atoms with E-state index < -0.39 is 11.7 Å². The third-order valence-corrected chi connectivity index (χ3v) is 11.0. The van der Waals surface area contributed by atoms with Gasteiger partial charge in [-0.05, 0) is 112 Å². The van der Waals surface area contributed by atoms with Gasteiger partial charge in [-0.25, -0.2) is 0 Å². The largest absolute Gasteiger partial charge is 0.393 e. The second-order valence-electron chi connectivity index (χ2n) is 13.0. The molecule has 178 valence electrons. The first kappa shape index (κ1) is 23.7. The molecule has 31 heavy (non-hydrogen) atoms. The van der Waals surface area contributed by atoms with Crippen LogP contribution in [0.15, 0.2) is 0 Å². The van der Waals surface area contributed by atoms with Crippen molar-refractivity contribution in [3.63, 3.8) is 0 Å². The molecule has 0 amide bonds. The molecule has 0 aromatic rings. The van der Waals surface area contributed by atoms with Crippen molar-refractivity contribution in [2.45, 2.75) is 117 Å². The van der Waals surface area contributed by atoms with Gasteiger partial charge >= 0.3 is 0 Å². The van der Waals surface area contributed by atoms with Crippen LogP contribution in [0.1, 0.15) is 98.8 Å². The molecule has 4 aliphatic carbocycles. The third-order valence-electron chi connectivity index (χ3n) is 11.0. The monoisotopic (exact) mass is 434 g/mol. The highest BCUT2D eigenvalue weighted by molar-refractivity contribution is 5.79. The van der Waals surface area contributed by atoms with Gasteiger partial charge in [0.1, 0.15) is 5.78 Å². The molecule has 4 nitrogen and oxygen atoms in total. The van der Waals surface area contributed by atoms with Crippen LogP contribution in [0.5, 0.6) is 0 Å². The Hall–Kier alpha value is -0.450. The Morgan fingerprint density at radius 3 is 2.42 bits per heavy atom. The topological polar surface area (TPSA) is 77.8 Å². The minimum absolute atomic E-state index is 0.222. The zero-order valence-corrected chi connectivity index (χ0v) is 20.4. The van der Waals surface area contributed by atoms with Crippen LogP contribution in [0.2, 0.25) is 0 Å². The number of rotatable bonds is 5. The van der Waals surface area contributed by atoms with Crippen LogP contribution in [-0.4, -0.2) is 38.9 Å². The smallest absolute Gasteiger partial charge is 0.133 e. The van der Waals surface area contributed by atoms with Gasteiger partial charge in [0, 0.05) is 12.8 Å². The number of Topliss-reactive ketones (excluding diaryl/α,β-unsaturated/α-hetero) is 1. The fourth-order valence-corrected chi connectivity index (χ4v) is 8.96. The molecule has 0 heterocycles. The summed E-state index contributed by atoms with van der Waals surface area (Å²) in [5, 5.41) is 31.7. The molecule has 0 spiro atoms. The van der Waals surface area contributed by atoms with Gasteiger partial charge in [0.05, 0.1) is 17.8 Å². The van der Waals surface area contributed by atoms with Crippen molar-refractivity contribution in [3.05, 3.63) is 0 Å². The van der Waals surface area contributed by atoms with Crippen LogP contribution in [0.3, 0.4) is 0 Å². The van der Waals surface area contributed by atoms with Gasteiger partial charge in [-0.15, -0.1) is 0 Å². The number of carbonyl (C=O) groups excluding carboxylic acids is 1. The van der Waals surface area contributed by atoms with E-state index in [4.69, 9.17) is 0 Å². The van der Waals surface area contributed by atoms with Crippen LogP contribution < -0.4 is 0 Å². The van der Waals surface area contributed by atoms with Crippen LogP contribution in [-0.2, 0) is 4.79 Å². The van der Waals surface area contributed by atoms with Crippen LogP contribution in [0.4, 0.5) is 0 Å². The van der Waals surface area contributed by atoms with Crippen molar-refractivity contribution < 1.29 is 20.1 Å². The average Bonchev–Trinajstić information content (AvgIpc) is 3.03. The van der Waals surface area contributed by atoms with Gasteiger partial charge in [0.2, 0.25) is 0 Å². The van der Waals surface area contributed by atoms with E-state index in [0.29, 0.717) is 54.1 Å². The Balaban J connectivity index is 1.50. The second kappa shape index (κ2) is 8.09. The van der Waals surface area contributed by atoms with E-state index in [1.54, 1.807) is 13.8 Å². The summed E-state index contributed by atoms with van der Waals surface area (Å²) in [5.41, 5.74) is -0.561. The first-order valence-electron chi connectivity index (χ1n) is 13.0. The predicted octanol–water partition coefficient (Wildman–Crippen LogP) is 4.73.